The lowest BCUT2D eigenvalue weighted by Gasteiger charge is -2.02. The van der Waals surface area contributed by atoms with Gasteiger partial charge in [-0.1, -0.05) is 5.16 Å². The fourth-order valence-corrected chi connectivity index (χ4v) is 0.795. The summed E-state index contributed by atoms with van der Waals surface area (Å²) in [6, 6.07) is 1.83. The van der Waals surface area contributed by atoms with Crippen molar-refractivity contribution in [2.75, 3.05) is 0 Å². The van der Waals surface area contributed by atoms with Crippen molar-refractivity contribution in [1.82, 2.24) is 15.9 Å². The predicted octanol–water partition coefficient (Wildman–Crippen LogP) is -0.179. The Hall–Kier alpha value is -1.14. The first-order valence-electron chi connectivity index (χ1n) is 3.39. The van der Waals surface area contributed by atoms with E-state index in [0.717, 1.165) is 11.5 Å². The fourth-order valence-electron chi connectivity index (χ4n) is 0.723. The minimum Gasteiger partial charge on any atom is -0.361 e. The Bertz CT molecular complexity index is 272. The molecular weight excluding hydrogens is 176 g/mol. The second kappa shape index (κ2) is 4.03. The van der Waals surface area contributed by atoms with Crippen LogP contribution in [0.2, 0.25) is 0 Å². The Morgan fingerprint density at radius 1 is 1.83 bits per heavy atom. The van der Waals surface area contributed by atoms with Crippen LogP contribution in [0.4, 0.5) is 0 Å². The highest BCUT2D eigenvalue weighted by Crippen LogP contribution is 1.99. The van der Waals surface area contributed by atoms with E-state index in [9.17, 15) is 0 Å². The molecule has 1 heterocycles. The number of aryl methyl sites for hydroxylation is 1. The molecule has 0 bridgehead atoms. The number of hydrogen-bond acceptors (Lipinski definition) is 4. The zero-order valence-electron chi connectivity index (χ0n) is 6.63. The summed E-state index contributed by atoms with van der Waals surface area (Å²) in [6.07, 6.45) is 0. The lowest BCUT2D eigenvalue weighted by atomic mass is 10.4. The number of rotatable bonds is 2. The van der Waals surface area contributed by atoms with Crippen molar-refractivity contribution < 1.29 is 4.52 Å². The summed E-state index contributed by atoms with van der Waals surface area (Å²) in [5, 5.41) is 6.98. The highest BCUT2D eigenvalue weighted by atomic mass is 32.1. The van der Waals surface area contributed by atoms with Gasteiger partial charge in [-0.15, -0.1) is 0 Å². The van der Waals surface area contributed by atoms with E-state index in [0.29, 0.717) is 11.7 Å². The molecule has 0 amide bonds. The molecule has 1 aromatic heterocycles. The van der Waals surface area contributed by atoms with Gasteiger partial charge in [0.05, 0.1) is 6.54 Å². The SMILES string of the molecule is Cc1cc(CNC(=S)NN)no1. The first kappa shape index (κ1) is 8.95. The van der Waals surface area contributed by atoms with Gasteiger partial charge in [0.2, 0.25) is 0 Å². The van der Waals surface area contributed by atoms with Gasteiger partial charge in [0, 0.05) is 6.07 Å². The average molecular weight is 186 g/mol. The number of hydrogen-bond donors (Lipinski definition) is 3. The molecule has 1 aromatic rings. The molecule has 1 rings (SSSR count). The number of nitrogens with zero attached hydrogens (tertiary/aromatic N) is 1. The molecule has 0 unspecified atom stereocenters. The number of nitrogens with two attached hydrogens (primary N) is 1. The summed E-state index contributed by atoms with van der Waals surface area (Å²) in [7, 11) is 0. The van der Waals surface area contributed by atoms with Crippen LogP contribution in [0.5, 0.6) is 0 Å². The molecule has 12 heavy (non-hydrogen) atoms. The standard InChI is InChI=1S/C6H10N4OS/c1-4-2-5(10-11-4)3-8-6(12)9-7/h2H,3,7H2,1H3,(H2,8,9,12). The fraction of sp³-hybridized carbons (Fsp3) is 0.333. The van der Waals surface area contributed by atoms with E-state index in [1.54, 1.807) is 0 Å². The summed E-state index contributed by atoms with van der Waals surface area (Å²) in [4.78, 5) is 0. The first-order chi connectivity index (χ1) is 5.72. The number of hydrazine groups is 1. The zero-order chi connectivity index (χ0) is 8.97. The molecule has 0 aliphatic carbocycles. The maximum absolute atomic E-state index is 5.04. The topological polar surface area (TPSA) is 76.1 Å². The van der Waals surface area contributed by atoms with Gasteiger partial charge in [-0.25, -0.2) is 5.84 Å². The van der Waals surface area contributed by atoms with Crippen LogP contribution in [0.25, 0.3) is 0 Å². The third-order valence-electron chi connectivity index (χ3n) is 1.24. The lowest BCUT2D eigenvalue weighted by molar-refractivity contribution is 0.390. The lowest BCUT2D eigenvalue weighted by Crippen LogP contribution is -2.39. The molecule has 0 aromatic carbocycles. The minimum absolute atomic E-state index is 0.385. The molecule has 0 atom stereocenters. The quantitative estimate of drug-likeness (QED) is 0.338. The normalized spacial score (nSPS) is 9.50. The van der Waals surface area contributed by atoms with E-state index >= 15 is 0 Å². The van der Waals surface area contributed by atoms with Crippen molar-refractivity contribution in [3.05, 3.63) is 17.5 Å². The monoisotopic (exact) mass is 186 g/mol. The minimum atomic E-state index is 0.385. The van der Waals surface area contributed by atoms with Crippen molar-refractivity contribution in [3.8, 4) is 0 Å². The van der Waals surface area contributed by atoms with Crippen LogP contribution < -0.4 is 16.6 Å². The molecule has 0 aliphatic rings. The van der Waals surface area contributed by atoms with E-state index in [-0.39, 0.29) is 0 Å². The van der Waals surface area contributed by atoms with Crippen molar-refractivity contribution in [3.63, 3.8) is 0 Å². The first-order valence-corrected chi connectivity index (χ1v) is 3.80. The van der Waals surface area contributed by atoms with Crippen LogP contribution in [0.1, 0.15) is 11.5 Å². The Kier molecular flexibility index (Phi) is 3.01. The Balaban J connectivity index is 2.38. The molecule has 6 heteroatoms. The summed E-state index contributed by atoms with van der Waals surface area (Å²) < 4.78 is 4.85. The predicted molar refractivity (Wildman–Crippen MR) is 48.0 cm³/mol. The van der Waals surface area contributed by atoms with Crippen molar-refractivity contribution in [2.24, 2.45) is 5.84 Å². The number of aromatic nitrogens is 1. The van der Waals surface area contributed by atoms with E-state index in [4.69, 9.17) is 22.6 Å². The number of nitrogens with one attached hydrogen (secondary N) is 2. The second-order valence-corrected chi connectivity index (χ2v) is 2.66. The molecule has 0 fully saturated rings. The molecule has 0 saturated carbocycles. The van der Waals surface area contributed by atoms with Crippen LogP contribution in [0, 0.1) is 6.92 Å². The van der Waals surface area contributed by atoms with Crippen molar-refractivity contribution in [2.45, 2.75) is 13.5 Å². The average Bonchev–Trinajstić information content (AvgIpc) is 2.47. The van der Waals surface area contributed by atoms with E-state index < -0.39 is 0 Å². The van der Waals surface area contributed by atoms with Gasteiger partial charge in [-0.3, -0.25) is 0 Å². The molecule has 0 aliphatic heterocycles. The van der Waals surface area contributed by atoms with Gasteiger partial charge in [-0.05, 0) is 19.1 Å². The Morgan fingerprint density at radius 3 is 3.08 bits per heavy atom. The smallest absolute Gasteiger partial charge is 0.180 e. The van der Waals surface area contributed by atoms with Crippen LogP contribution >= 0.6 is 12.2 Å². The third kappa shape index (κ3) is 2.48. The van der Waals surface area contributed by atoms with Gasteiger partial charge >= 0.3 is 0 Å². The van der Waals surface area contributed by atoms with Crippen LogP contribution in [0.3, 0.4) is 0 Å². The summed E-state index contributed by atoms with van der Waals surface area (Å²) in [5.74, 6) is 5.82. The highest BCUT2D eigenvalue weighted by molar-refractivity contribution is 7.80. The van der Waals surface area contributed by atoms with E-state index in [1.807, 2.05) is 13.0 Å². The Labute approximate surface area is 75.3 Å². The number of thiocarbonyl (C=S) groups is 1. The van der Waals surface area contributed by atoms with Gasteiger partial charge in [0.1, 0.15) is 11.5 Å². The van der Waals surface area contributed by atoms with E-state index in [2.05, 4.69) is 15.9 Å². The van der Waals surface area contributed by atoms with Crippen LogP contribution in [-0.4, -0.2) is 10.3 Å². The Morgan fingerprint density at radius 2 is 2.58 bits per heavy atom. The van der Waals surface area contributed by atoms with Crippen LogP contribution in [0.15, 0.2) is 10.6 Å². The van der Waals surface area contributed by atoms with E-state index in [1.165, 1.54) is 0 Å². The highest BCUT2D eigenvalue weighted by Gasteiger charge is 1.99. The molecule has 66 valence electrons. The molecule has 0 radical (unpaired) electrons. The summed E-state index contributed by atoms with van der Waals surface area (Å²) >= 11 is 4.76. The van der Waals surface area contributed by atoms with Crippen molar-refractivity contribution in [1.29, 1.82) is 0 Å². The second-order valence-electron chi connectivity index (χ2n) is 2.26. The van der Waals surface area contributed by atoms with Gasteiger partial charge in [-0.2, -0.15) is 0 Å². The molecule has 5 nitrogen and oxygen atoms in total. The molecule has 4 N–H and O–H groups in total. The molecule has 0 spiro atoms. The van der Waals surface area contributed by atoms with Gasteiger partial charge in [0.15, 0.2) is 5.11 Å². The largest absolute Gasteiger partial charge is 0.361 e. The molecule has 0 saturated heterocycles. The maximum atomic E-state index is 5.04. The van der Waals surface area contributed by atoms with Gasteiger partial charge in [0.25, 0.3) is 0 Å². The third-order valence-corrected chi connectivity index (χ3v) is 1.50. The maximum Gasteiger partial charge on any atom is 0.180 e. The van der Waals surface area contributed by atoms with Gasteiger partial charge < -0.3 is 15.3 Å². The van der Waals surface area contributed by atoms with Crippen LogP contribution in [-0.2, 0) is 6.54 Å². The molecular formula is C6H10N4OS. The summed E-state index contributed by atoms with van der Waals surface area (Å²) in [5.41, 5.74) is 3.10. The summed E-state index contributed by atoms with van der Waals surface area (Å²) in [6.45, 7) is 2.34. The zero-order valence-corrected chi connectivity index (χ0v) is 7.44. The van der Waals surface area contributed by atoms with Crippen molar-refractivity contribution >= 4 is 17.3 Å².